The maximum absolute atomic E-state index is 10.9. The summed E-state index contributed by atoms with van der Waals surface area (Å²) in [5.41, 5.74) is 1.57. The van der Waals surface area contributed by atoms with Gasteiger partial charge in [0.25, 0.3) is 0 Å². The summed E-state index contributed by atoms with van der Waals surface area (Å²) in [6, 6.07) is 9.05. The van der Waals surface area contributed by atoms with Crippen LogP contribution in [0.25, 0.3) is 10.9 Å². The number of hydrogen-bond donors (Lipinski definition) is 2. The van der Waals surface area contributed by atoms with E-state index in [0.29, 0.717) is 5.52 Å². The van der Waals surface area contributed by atoms with Crippen molar-refractivity contribution >= 4 is 22.6 Å². The van der Waals surface area contributed by atoms with E-state index < -0.39 is 5.97 Å². The molecule has 0 amide bonds. The van der Waals surface area contributed by atoms with Crippen molar-refractivity contribution in [3.05, 3.63) is 36.0 Å². The molecular formula is C12H12N2O2. The van der Waals surface area contributed by atoms with Crippen LogP contribution >= 0.6 is 0 Å². The summed E-state index contributed by atoms with van der Waals surface area (Å²) in [6.45, 7) is 2.71. The van der Waals surface area contributed by atoms with E-state index in [1.54, 1.807) is 6.07 Å². The van der Waals surface area contributed by atoms with Gasteiger partial charge >= 0.3 is 5.97 Å². The highest BCUT2D eigenvalue weighted by Crippen LogP contribution is 2.22. The number of nitrogens with one attached hydrogen (secondary N) is 1. The summed E-state index contributed by atoms with van der Waals surface area (Å²) in [7, 11) is 0. The lowest BCUT2D eigenvalue weighted by atomic mass is 10.1. The number of hydrogen-bond acceptors (Lipinski definition) is 3. The number of fused-ring (bicyclic) bond motifs is 1. The van der Waals surface area contributed by atoms with Gasteiger partial charge in [-0.1, -0.05) is 18.2 Å². The highest BCUT2D eigenvalue weighted by molar-refractivity contribution is 5.97. The number of carboxylic acids is 1. The highest BCUT2D eigenvalue weighted by atomic mass is 16.4. The molecule has 82 valence electrons. The molecule has 0 bridgehead atoms. The van der Waals surface area contributed by atoms with Gasteiger partial charge in [-0.05, 0) is 19.1 Å². The summed E-state index contributed by atoms with van der Waals surface area (Å²) < 4.78 is 0. The van der Waals surface area contributed by atoms with E-state index in [2.05, 4.69) is 10.3 Å². The monoisotopic (exact) mass is 216 g/mol. The van der Waals surface area contributed by atoms with Crippen molar-refractivity contribution in [1.29, 1.82) is 0 Å². The van der Waals surface area contributed by atoms with Gasteiger partial charge in [-0.25, -0.2) is 9.78 Å². The predicted molar refractivity (Wildman–Crippen MR) is 62.9 cm³/mol. The number of carbonyl (C=O) groups is 1. The molecule has 0 radical (unpaired) electrons. The number of benzene rings is 1. The minimum Gasteiger partial charge on any atom is -0.477 e. The second-order valence-corrected chi connectivity index (χ2v) is 3.41. The van der Waals surface area contributed by atoms with Crippen molar-refractivity contribution in [3.8, 4) is 0 Å². The molecule has 0 aliphatic rings. The van der Waals surface area contributed by atoms with Crippen LogP contribution in [0, 0.1) is 0 Å². The van der Waals surface area contributed by atoms with Crippen LogP contribution in [0.5, 0.6) is 0 Å². The van der Waals surface area contributed by atoms with Crippen LogP contribution in [-0.2, 0) is 0 Å². The third-order valence-electron chi connectivity index (χ3n) is 2.30. The molecule has 1 heterocycles. The average molecular weight is 216 g/mol. The van der Waals surface area contributed by atoms with Crippen molar-refractivity contribution in [1.82, 2.24) is 4.98 Å². The summed E-state index contributed by atoms with van der Waals surface area (Å²) in [6.07, 6.45) is 0. The number of aromatic carboxylic acids is 1. The maximum atomic E-state index is 10.9. The Hall–Kier alpha value is -2.10. The first-order valence-electron chi connectivity index (χ1n) is 5.09. The van der Waals surface area contributed by atoms with Gasteiger partial charge in [0.05, 0.1) is 5.52 Å². The number of pyridine rings is 1. The van der Waals surface area contributed by atoms with Gasteiger partial charge in [0.15, 0.2) is 5.69 Å². The molecule has 1 aromatic carbocycles. The van der Waals surface area contributed by atoms with Crippen LogP contribution in [0.2, 0.25) is 0 Å². The van der Waals surface area contributed by atoms with E-state index in [9.17, 15) is 4.79 Å². The molecule has 0 aliphatic carbocycles. The van der Waals surface area contributed by atoms with Gasteiger partial charge in [-0.2, -0.15) is 0 Å². The number of carboxylic acid groups (broad SMARTS) is 1. The zero-order valence-electron chi connectivity index (χ0n) is 8.90. The van der Waals surface area contributed by atoms with Gasteiger partial charge < -0.3 is 10.4 Å². The van der Waals surface area contributed by atoms with E-state index in [4.69, 9.17) is 5.11 Å². The number of aromatic nitrogens is 1. The van der Waals surface area contributed by atoms with Crippen LogP contribution in [0.3, 0.4) is 0 Å². The van der Waals surface area contributed by atoms with Gasteiger partial charge in [0.2, 0.25) is 0 Å². The first-order chi connectivity index (χ1) is 7.72. The number of anilines is 1. The fourth-order valence-corrected chi connectivity index (χ4v) is 1.62. The Bertz CT molecular complexity index is 538. The Balaban J connectivity index is 2.68. The van der Waals surface area contributed by atoms with Crippen molar-refractivity contribution in [3.63, 3.8) is 0 Å². The molecule has 4 nitrogen and oxygen atoms in total. The van der Waals surface area contributed by atoms with E-state index in [1.165, 1.54) is 0 Å². The first kappa shape index (κ1) is 10.4. The number of rotatable bonds is 3. The summed E-state index contributed by atoms with van der Waals surface area (Å²) in [5, 5.41) is 13.0. The SMILES string of the molecule is CCNc1cc(C(=O)O)nc2ccccc12. The third kappa shape index (κ3) is 1.82. The largest absolute Gasteiger partial charge is 0.477 e. The minimum absolute atomic E-state index is 0.0645. The Kier molecular flexibility index (Phi) is 2.72. The van der Waals surface area contributed by atoms with E-state index >= 15 is 0 Å². The van der Waals surface area contributed by atoms with E-state index in [-0.39, 0.29) is 5.69 Å². The zero-order chi connectivity index (χ0) is 11.5. The molecule has 0 unspecified atom stereocenters. The zero-order valence-corrected chi connectivity index (χ0v) is 8.90. The fourth-order valence-electron chi connectivity index (χ4n) is 1.62. The van der Waals surface area contributed by atoms with Gasteiger partial charge in [-0.15, -0.1) is 0 Å². The molecule has 0 fully saturated rings. The predicted octanol–water partition coefficient (Wildman–Crippen LogP) is 2.36. The molecule has 4 heteroatoms. The van der Waals surface area contributed by atoms with Gasteiger partial charge in [0, 0.05) is 17.6 Å². The molecule has 0 aliphatic heterocycles. The Morgan fingerprint density at radius 1 is 1.44 bits per heavy atom. The number of para-hydroxylation sites is 1. The van der Waals surface area contributed by atoms with Gasteiger partial charge in [0.1, 0.15) is 0 Å². The average Bonchev–Trinajstić information content (AvgIpc) is 2.29. The van der Waals surface area contributed by atoms with Crippen LogP contribution in [0.15, 0.2) is 30.3 Å². The van der Waals surface area contributed by atoms with Crippen LogP contribution in [0.4, 0.5) is 5.69 Å². The molecule has 2 rings (SSSR count). The van der Waals surface area contributed by atoms with E-state index in [0.717, 1.165) is 17.6 Å². The van der Waals surface area contributed by atoms with Crippen LogP contribution in [0.1, 0.15) is 17.4 Å². The molecule has 0 spiro atoms. The van der Waals surface area contributed by atoms with Crippen molar-refractivity contribution < 1.29 is 9.90 Å². The normalized spacial score (nSPS) is 10.3. The summed E-state index contributed by atoms with van der Waals surface area (Å²) in [4.78, 5) is 15.0. The van der Waals surface area contributed by atoms with Crippen molar-refractivity contribution in [2.75, 3.05) is 11.9 Å². The van der Waals surface area contributed by atoms with Crippen LogP contribution in [-0.4, -0.2) is 22.6 Å². The second-order valence-electron chi connectivity index (χ2n) is 3.41. The summed E-state index contributed by atoms with van der Waals surface area (Å²) >= 11 is 0. The molecule has 2 N–H and O–H groups in total. The highest BCUT2D eigenvalue weighted by Gasteiger charge is 2.09. The van der Waals surface area contributed by atoms with Gasteiger partial charge in [-0.3, -0.25) is 0 Å². The lowest BCUT2D eigenvalue weighted by Gasteiger charge is -2.08. The lowest BCUT2D eigenvalue weighted by Crippen LogP contribution is -2.04. The molecular weight excluding hydrogens is 204 g/mol. The summed E-state index contributed by atoms with van der Waals surface area (Å²) in [5.74, 6) is -1.01. The molecule has 16 heavy (non-hydrogen) atoms. The maximum Gasteiger partial charge on any atom is 0.354 e. The van der Waals surface area contributed by atoms with Crippen molar-refractivity contribution in [2.45, 2.75) is 6.92 Å². The van der Waals surface area contributed by atoms with Crippen LogP contribution < -0.4 is 5.32 Å². The molecule has 0 atom stereocenters. The third-order valence-corrected chi connectivity index (χ3v) is 2.30. The second kappa shape index (κ2) is 4.18. The Morgan fingerprint density at radius 2 is 2.19 bits per heavy atom. The topological polar surface area (TPSA) is 62.2 Å². The molecule has 0 saturated heterocycles. The Morgan fingerprint density at radius 3 is 2.88 bits per heavy atom. The first-order valence-corrected chi connectivity index (χ1v) is 5.09. The standard InChI is InChI=1S/C12H12N2O2/c1-2-13-10-7-11(12(15)16)14-9-6-4-3-5-8(9)10/h3-7H,2H2,1H3,(H,13,14)(H,15,16). The molecule has 1 aromatic heterocycles. The lowest BCUT2D eigenvalue weighted by molar-refractivity contribution is 0.0691. The Labute approximate surface area is 92.9 Å². The van der Waals surface area contributed by atoms with E-state index in [1.807, 2.05) is 31.2 Å². The fraction of sp³-hybridized carbons (Fsp3) is 0.167. The smallest absolute Gasteiger partial charge is 0.354 e. The quantitative estimate of drug-likeness (QED) is 0.826. The van der Waals surface area contributed by atoms with Crippen molar-refractivity contribution in [2.24, 2.45) is 0 Å². The molecule has 0 saturated carbocycles. The molecule has 2 aromatic rings. The number of nitrogens with zero attached hydrogens (tertiary/aromatic N) is 1. The minimum atomic E-state index is -1.01.